The van der Waals surface area contributed by atoms with Gasteiger partial charge in [-0.1, -0.05) is 42.5 Å². The molecule has 0 atom stereocenters. The number of hydrogen-bond donors (Lipinski definition) is 0. The van der Waals surface area contributed by atoms with Crippen LogP contribution in [0.15, 0.2) is 77.4 Å². The van der Waals surface area contributed by atoms with Crippen molar-refractivity contribution in [1.29, 1.82) is 0 Å². The van der Waals surface area contributed by atoms with E-state index in [1.165, 1.54) is 19.3 Å². The highest BCUT2D eigenvalue weighted by molar-refractivity contribution is 9.10. The smallest absolute Gasteiger partial charge is 0.349 e. The lowest BCUT2D eigenvalue weighted by atomic mass is 10.1. The summed E-state index contributed by atoms with van der Waals surface area (Å²) in [5, 5.41) is 10.5. The minimum atomic E-state index is -0.625. The molecule has 31 heavy (non-hydrogen) atoms. The van der Waals surface area contributed by atoms with Crippen LogP contribution in [0.3, 0.4) is 0 Å². The Morgan fingerprint density at radius 3 is 2.39 bits per heavy atom. The molecule has 7 nitrogen and oxygen atoms in total. The zero-order valence-corrected chi connectivity index (χ0v) is 18.1. The molecule has 0 saturated carbocycles. The summed E-state index contributed by atoms with van der Waals surface area (Å²) in [4.78, 5) is 22.2. The molecule has 0 fully saturated rings. The number of benzene rings is 3. The van der Waals surface area contributed by atoms with Gasteiger partial charge in [0.1, 0.15) is 5.75 Å². The van der Waals surface area contributed by atoms with Crippen LogP contribution in [-0.4, -0.2) is 24.6 Å². The molecule has 0 aliphatic carbocycles. The maximum atomic E-state index is 12.3. The first-order valence-electron chi connectivity index (χ1n) is 9.14. The van der Waals surface area contributed by atoms with Crippen molar-refractivity contribution in [2.75, 3.05) is 13.7 Å². The highest BCUT2D eigenvalue weighted by Crippen LogP contribution is 2.37. The monoisotopic (exact) mass is 483 g/mol. The fraction of sp³-hybridized carbons (Fsp3) is 0.0870. The van der Waals surface area contributed by atoms with E-state index in [-0.39, 0.29) is 18.1 Å². The second kappa shape index (κ2) is 10.4. The highest BCUT2D eigenvalue weighted by Gasteiger charge is 2.16. The van der Waals surface area contributed by atoms with Crippen LogP contribution in [0.2, 0.25) is 0 Å². The van der Waals surface area contributed by atoms with Crippen LogP contribution in [0, 0.1) is 10.1 Å². The fourth-order valence-electron chi connectivity index (χ4n) is 2.74. The summed E-state index contributed by atoms with van der Waals surface area (Å²) in [6, 6.07) is 20.4. The molecule has 0 amide bonds. The maximum Gasteiger partial charge on any atom is 0.349 e. The quantitative estimate of drug-likeness (QED) is 0.185. The molecule has 3 aromatic carbocycles. The molecule has 3 rings (SSSR count). The van der Waals surface area contributed by atoms with E-state index in [0.29, 0.717) is 15.8 Å². The van der Waals surface area contributed by atoms with Gasteiger partial charge in [0.15, 0.2) is 18.1 Å². The van der Waals surface area contributed by atoms with Crippen molar-refractivity contribution in [1.82, 2.24) is 0 Å². The molecule has 3 aromatic rings. The van der Waals surface area contributed by atoms with E-state index in [1.807, 2.05) is 42.5 Å². The van der Waals surface area contributed by atoms with Crippen molar-refractivity contribution in [2.45, 2.75) is 0 Å². The lowest BCUT2D eigenvalue weighted by Gasteiger charge is -2.12. The van der Waals surface area contributed by atoms with Gasteiger partial charge in [0.05, 0.1) is 16.5 Å². The number of methoxy groups -OCH3 is 1. The summed E-state index contributed by atoms with van der Waals surface area (Å²) in [6.45, 7) is -0.302. The van der Waals surface area contributed by atoms with E-state index in [9.17, 15) is 14.9 Å². The molecule has 0 aliphatic rings. The molecule has 0 N–H and O–H groups in total. The molecule has 158 valence electrons. The molecular formula is C23H18BrNO6. The normalized spacial score (nSPS) is 10.6. The topological polar surface area (TPSA) is 87.9 Å². The van der Waals surface area contributed by atoms with Crippen molar-refractivity contribution in [3.8, 4) is 28.4 Å². The van der Waals surface area contributed by atoms with Crippen LogP contribution >= 0.6 is 15.9 Å². The van der Waals surface area contributed by atoms with Gasteiger partial charge in [-0.25, -0.2) is 4.79 Å². The number of nitrogens with zero attached hydrogens (tertiary/aromatic N) is 1. The van der Waals surface area contributed by atoms with Gasteiger partial charge in [-0.3, -0.25) is 10.1 Å². The average molecular weight is 484 g/mol. The van der Waals surface area contributed by atoms with E-state index in [2.05, 4.69) is 15.9 Å². The number of carbonyl (C=O) groups is 1. The standard InChI is InChI=1S/C23H18BrNO6/c1-29-21-14-16(11-12-25(27)28)13-20(24)23(21)31-22(26)15-30-19-9-7-18(8-10-19)17-5-3-2-4-6-17/h2-14H,15H2,1H3. The molecular weight excluding hydrogens is 466 g/mol. The number of halogens is 1. The Morgan fingerprint density at radius 2 is 1.74 bits per heavy atom. The zero-order chi connectivity index (χ0) is 22.2. The van der Waals surface area contributed by atoms with E-state index in [1.54, 1.807) is 18.2 Å². The first-order valence-corrected chi connectivity index (χ1v) is 9.94. The van der Waals surface area contributed by atoms with Gasteiger partial charge in [0, 0.05) is 6.08 Å². The Kier molecular flexibility index (Phi) is 7.40. The third-order valence-corrected chi connectivity index (χ3v) is 4.76. The molecule has 0 unspecified atom stereocenters. The molecule has 0 aliphatic heterocycles. The van der Waals surface area contributed by atoms with E-state index >= 15 is 0 Å². The molecule has 8 heteroatoms. The minimum Gasteiger partial charge on any atom is -0.493 e. The minimum absolute atomic E-state index is 0.161. The van der Waals surface area contributed by atoms with Gasteiger partial charge in [-0.05, 0) is 56.9 Å². The molecule has 0 heterocycles. The van der Waals surface area contributed by atoms with Crippen molar-refractivity contribution < 1.29 is 23.9 Å². The van der Waals surface area contributed by atoms with Gasteiger partial charge in [0.2, 0.25) is 6.20 Å². The van der Waals surface area contributed by atoms with Crippen molar-refractivity contribution >= 4 is 28.0 Å². The SMILES string of the molecule is COc1cc(C=C[N+](=O)[O-])cc(Br)c1OC(=O)COc1ccc(-c2ccccc2)cc1. The Morgan fingerprint density at radius 1 is 1.06 bits per heavy atom. The van der Waals surface area contributed by atoms with E-state index < -0.39 is 10.9 Å². The average Bonchev–Trinajstić information content (AvgIpc) is 2.78. The molecule has 0 bridgehead atoms. The van der Waals surface area contributed by atoms with Crippen LogP contribution < -0.4 is 14.2 Å². The third-order valence-electron chi connectivity index (χ3n) is 4.17. The van der Waals surface area contributed by atoms with Gasteiger partial charge in [-0.15, -0.1) is 0 Å². The number of esters is 1. The Bertz CT molecular complexity index is 1100. The molecule has 0 aromatic heterocycles. The van der Waals surface area contributed by atoms with Crippen LogP contribution in [0.5, 0.6) is 17.2 Å². The van der Waals surface area contributed by atoms with Gasteiger partial charge < -0.3 is 14.2 Å². The van der Waals surface area contributed by atoms with Gasteiger partial charge >= 0.3 is 5.97 Å². The van der Waals surface area contributed by atoms with Crippen LogP contribution in [0.1, 0.15) is 5.56 Å². The summed E-state index contributed by atoms with van der Waals surface area (Å²) in [6.07, 6.45) is 2.12. The summed E-state index contributed by atoms with van der Waals surface area (Å²) >= 11 is 3.30. The maximum absolute atomic E-state index is 12.3. The van der Waals surface area contributed by atoms with E-state index in [0.717, 1.165) is 17.3 Å². The predicted molar refractivity (Wildman–Crippen MR) is 120 cm³/mol. The number of carbonyl (C=O) groups excluding carboxylic acids is 1. The van der Waals surface area contributed by atoms with Crippen molar-refractivity contribution in [3.63, 3.8) is 0 Å². The number of hydrogen-bond acceptors (Lipinski definition) is 6. The predicted octanol–water partition coefficient (Wildman–Crippen LogP) is 5.36. The second-order valence-electron chi connectivity index (χ2n) is 6.29. The number of ether oxygens (including phenoxy) is 3. The number of rotatable bonds is 8. The summed E-state index contributed by atoms with van der Waals surface area (Å²) in [7, 11) is 1.41. The molecule has 0 saturated heterocycles. The van der Waals surface area contributed by atoms with Crippen molar-refractivity contribution in [2.24, 2.45) is 0 Å². The highest BCUT2D eigenvalue weighted by atomic mass is 79.9. The lowest BCUT2D eigenvalue weighted by molar-refractivity contribution is -0.400. The van der Waals surface area contributed by atoms with Gasteiger partial charge in [-0.2, -0.15) is 0 Å². The molecule has 0 radical (unpaired) electrons. The fourth-order valence-corrected chi connectivity index (χ4v) is 3.28. The van der Waals surface area contributed by atoms with Crippen LogP contribution in [-0.2, 0) is 4.79 Å². The van der Waals surface area contributed by atoms with Crippen LogP contribution in [0.25, 0.3) is 17.2 Å². The number of nitro groups is 1. The molecule has 0 spiro atoms. The van der Waals surface area contributed by atoms with Gasteiger partial charge in [0.25, 0.3) is 0 Å². The van der Waals surface area contributed by atoms with E-state index in [4.69, 9.17) is 14.2 Å². The Balaban J connectivity index is 1.63. The first-order chi connectivity index (χ1) is 15.0. The van der Waals surface area contributed by atoms with Crippen molar-refractivity contribution in [3.05, 3.63) is 93.1 Å². The summed E-state index contributed by atoms with van der Waals surface area (Å²) < 4.78 is 16.5. The third kappa shape index (κ3) is 6.16. The Hall–Kier alpha value is -3.65. The largest absolute Gasteiger partial charge is 0.493 e. The second-order valence-corrected chi connectivity index (χ2v) is 7.14. The first kappa shape index (κ1) is 22.0. The Labute approximate surface area is 187 Å². The summed E-state index contributed by atoms with van der Waals surface area (Å²) in [5.74, 6) is 0.314. The lowest BCUT2D eigenvalue weighted by Crippen LogP contribution is -2.18. The summed E-state index contributed by atoms with van der Waals surface area (Å²) in [5.41, 5.74) is 2.63. The van der Waals surface area contributed by atoms with Crippen LogP contribution in [0.4, 0.5) is 0 Å². The zero-order valence-electron chi connectivity index (χ0n) is 16.5.